The molecule has 2 atom stereocenters. The van der Waals surface area contributed by atoms with Gasteiger partial charge in [0.05, 0.1) is 0 Å². The first-order valence-corrected chi connectivity index (χ1v) is 5.58. The Labute approximate surface area is 85.6 Å². The predicted molar refractivity (Wildman–Crippen MR) is 60.1 cm³/mol. The maximum Gasteiger partial charge on any atom is -0.00840 e. The zero-order valence-corrected chi connectivity index (χ0v) is 8.83. The lowest BCUT2D eigenvalue weighted by Crippen LogP contribution is -2.03. The molecule has 72 valence electrons. The topological polar surface area (TPSA) is 0 Å². The summed E-state index contributed by atoms with van der Waals surface area (Å²) >= 11 is 0. The van der Waals surface area contributed by atoms with Gasteiger partial charge in [0, 0.05) is 0 Å². The molecular weight excluding hydrogens is 168 g/mol. The zero-order chi connectivity index (χ0) is 9.71. The second-order valence-corrected chi connectivity index (χ2v) is 4.88. The summed E-state index contributed by atoms with van der Waals surface area (Å²) in [6.07, 6.45) is 3.81. The highest BCUT2D eigenvalue weighted by molar-refractivity contribution is 5.64. The molecule has 0 saturated heterocycles. The van der Waals surface area contributed by atoms with E-state index in [4.69, 9.17) is 0 Å². The smallest absolute Gasteiger partial charge is 0.00840 e. The number of hydrogen-bond acceptors (Lipinski definition) is 0. The summed E-state index contributed by atoms with van der Waals surface area (Å²) in [5.41, 5.74) is 4.73. The third-order valence-electron chi connectivity index (χ3n) is 3.60. The van der Waals surface area contributed by atoms with Crippen LogP contribution in [0, 0.1) is 11.8 Å². The van der Waals surface area contributed by atoms with Crippen molar-refractivity contribution >= 4 is 6.08 Å². The Bertz CT molecular complexity index is 398. The van der Waals surface area contributed by atoms with Crippen LogP contribution in [0.4, 0.5) is 0 Å². The molecule has 1 fully saturated rings. The van der Waals surface area contributed by atoms with Crippen LogP contribution in [0.1, 0.15) is 37.3 Å². The van der Waals surface area contributed by atoms with Crippen LogP contribution >= 0.6 is 0 Å². The fourth-order valence-corrected chi connectivity index (χ4v) is 2.77. The molecule has 0 heteroatoms. The van der Waals surface area contributed by atoms with E-state index in [1.165, 1.54) is 12.0 Å². The summed E-state index contributed by atoms with van der Waals surface area (Å²) in [6.45, 7) is 4.63. The largest absolute Gasteiger partial charge is 0.0633 e. The minimum atomic E-state index is 0.721. The number of hydrogen-bond donors (Lipinski definition) is 0. The van der Waals surface area contributed by atoms with Gasteiger partial charge in [-0.2, -0.15) is 0 Å². The lowest BCUT2D eigenvalue weighted by molar-refractivity contribution is 0.696. The summed E-state index contributed by atoms with van der Waals surface area (Å²) in [5, 5.41) is 0. The quantitative estimate of drug-likeness (QED) is 0.622. The van der Waals surface area contributed by atoms with E-state index in [1.807, 2.05) is 0 Å². The minimum Gasteiger partial charge on any atom is -0.0633 e. The maximum absolute atomic E-state index is 2.42. The van der Waals surface area contributed by atoms with Crippen LogP contribution < -0.4 is 0 Å². The average molecular weight is 184 g/mol. The lowest BCUT2D eigenvalue weighted by Gasteiger charge is -2.18. The molecule has 1 aromatic rings. The molecule has 2 aliphatic rings. The Morgan fingerprint density at radius 3 is 2.71 bits per heavy atom. The van der Waals surface area contributed by atoms with Crippen molar-refractivity contribution in [2.24, 2.45) is 11.8 Å². The first-order valence-electron chi connectivity index (χ1n) is 5.58. The number of fused-ring (bicyclic) bond motifs is 3. The average Bonchev–Trinajstić information content (AvgIpc) is 2.95. The zero-order valence-electron chi connectivity index (χ0n) is 8.83. The Balaban J connectivity index is 2.12. The summed E-state index contributed by atoms with van der Waals surface area (Å²) in [4.78, 5) is 0. The van der Waals surface area contributed by atoms with Gasteiger partial charge in [0.2, 0.25) is 0 Å². The van der Waals surface area contributed by atoms with Gasteiger partial charge in [0.25, 0.3) is 0 Å². The molecule has 14 heavy (non-hydrogen) atoms. The molecular formula is C14H16. The Morgan fingerprint density at radius 1 is 1.14 bits per heavy atom. The van der Waals surface area contributed by atoms with Gasteiger partial charge in [-0.25, -0.2) is 0 Å². The van der Waals surface area contributed by atoms with Crippen LogP contribution in [-0.4, -0.2) is 0 Å². The number of benzene rings is 1. The molecule has 0 bridgehead atoms. The van der Waals surface area contributed by atoms with Crippen molar-refractivity contribution in [2.75, 3.05) is 0 Å². The summed E-state index contributed by atoms with van der Waals surface area (Å²) in [5.74, 6) is 2.46. The Morgan fingerprint density at radius 2 is 1.93 bits per heavy atom. The van der Waals surface area contributed by atoms with E-state index in [0.717, 1.165) is 17.8 Å². The first kappa shape index (κ1) is 8.28. The van der Waals surface area contributed by atoms with Crippen LogP contribution in [0.3, 0.4) is 0 Å². The fraction of sp³-hybridized carbons (Fsp3) is 0.429. The Hall–Kier alpha value is -1.04. The normalized spacial score (nSPS) is 28.1. The summed E-state index contributed by atoms with van der Waals surface area (Å²) < 4.78 is 0. The van der Waals surface area contributed by atoms with E-state index in [0.29, 0.717) is 0 Å². The molecule has 0 spiro atoms. The number of rotatable bonds is 1. The van der Waals surface area contributed by atoms with E-state index < -0.39 is 0 Å². The van der Waals surface area contributed by atoms with E-state index in [1.54, 1.807) is 11.1 Å². The van der Waals surface area contributed by atoms with Crippen LogP contribution in [0.5, 0.6) is 0 Å². The Kier molecular flexibility index (Phi) is 1.61. The van der Waals surface area contributed by atoms with Gasteiger partial charge in [-0.05, 0) is 35.3 Å². The molecule has 0 amide bonds. The predicted octanol–water partition coefficient (Wildman–Crippen LogP) is 3.84. The third kappa shape index (κ3) is 1.06. The molecule has 0 aromatic heterocycles. The highest BCUT2D eigenvalue weighted by Crippen LogP contribution is 2.57. The van der Waals surface area contributed by atoms with Crippen molar-refractivity contribution in [3.63, 3.8) is 0 Å². The summed E-state index contributed by atoms with van der Waals surface area (Å²) in [6, 6.07) is 8.87. The standard InChI is InChI=1S/C14H16/c1-9(2)12-7-10-5-3-4-6-11(10)13-8-14(12)13/h3-7,9,13-14H,8H2,1-2H3. The highest BCUT2D eigenvalue weighted by Gasteiger charge is 2.44. The first-order chi connectivity index (χ1) is 6.77. The van der Waals surface area contributed by atoms with Gasteiger partial charge in [-0.15, -0.1) is 0 Å². The van der Waals surface area contributed by atoms with Gasteiger partial charge in [-0.3, -0.25) is 0 Å². The molecule has 3 rings (SSSR count). The van der Waals surface area contributed by atoms with Crippen molar-refractivity contribution in [1.29, 1.82) is 0 Å². The SMILES string of the molecule is CC(C)C1=Cc2ccccc2C2CC12. The molecule has 2 unspecified atom stereocenters. The van der Waals surface area contributed by atoms with Crippen LogP contribution in [0.15, 0.2) is 29.8 Å². The molecule has 0 aliphatic heterocycles. The number of allylic oxidation sites excluding steroid dienone is 1. The van der Waals surface area contributed by atoms with Crippen LogP contribution in [0.25, 0.3) is 6.08 Å². The van der Waals surface area contributed by atoms with E-state index >= 15 is 0 Å². The third-order valence-corrected chi connectivity index (χ3v) is 3.60. The van der Waals surface area contributed by atoms with Crippen LogP contribution in [0.2, 0.25) is 0 Å². The van der Waals surface area contributed by atoms with E-state index in [2.05, 4.69) is 44.2 Å². The molecule has 1 saturated carbocycles. The molecule has 2 aliphatic carbocycles. The van der Waals surface area contributed by atoms with Crippen molar-refractivity contribution < 1.29 is 0 Å². The molecule has 0 N–H and O–H groups in total. The minimum absolute atomic E-state index is 0.721. The van der Waals surface area contributed by atoms with Crippen molar-refractivity contribution in [3.05, 3.63) is 41.0 Å². The maximum atomic E-state index is 2.42. The monoisotopic (exact) mass is 184 g/mol. The van der Waals surface area contributed by atoms with Gasteiger partial charge in [0.15, 0.2) is 0 Å². The van der Waals surface area contributed by atoms with E-state index in [9.17, 15) is 0 Å². The second-order valence-electron chi connectivity index (χ2n) is 4.88. The molecule has 0 radical (unpaired) electrons. The molecule has 0 nitrogen and oxygen atoms in total. The molecule has 1 aromatic carbocycles. The van der Waals surface area contributed by atoms with Crippen molar-refractivity contribution in [3.8, 4) is 0 Å². The molecule has 0 heterocycles. The second kappa shape index (κ2) is 2.73. The lowest BCUT2D eigenvalue weighted by atomic mass is 9.87. The van der Waals surface area contributed by atoms with Gasteiger partial charge in [-0.1, -0.05) is 49.8 Å². The van der Waals surface area contributed by atoms with Crippen molar-refractivity contribution in [2.45, 2.75) is 26.2 Å². The van der Waals surface area contributed by atoms with Gasteiger partial charge < -0.3 is 0 Å². The highest BCUT2D eigenvalue weighted by atomic mass is 14.5. The summed E-state index contributed by atoms with van der Waals surface area (Å²) in [7, 11) is 0. The van der Waals surface area contributed by atoms with Gasteiger partial charge >= 0.3 is 0 Å². The van der Waals surface area contributed by atoms with Gasteiger partial charge in [0.1, 0.15) is 0 Å². The van der Waals surface area contributed by atoms with E-state index in [-0.39, 0.29) is 0 Å². The van der Waals surface area contributed by atoms with Crippen LogP contribution in [-0.2, 0) is 0 Å². The van der Waals surface area contributed by atoms with Crippen molar-refractivity contribution in [1.82, 2.24) is 0 Å². The fourth-order valence-electron chi connectivity index (χ4n) is 2.77.